The molecule has 4 aromatic rings. The van der Waals surface area contributed by atoms with Crippen LogP contribution >= 0.6 is 0 Å². The number of aromatic amines is 1. The summed E-state index contributed by atoms with van der Waals surface area (Å²) >= 11 is 0. The fraction of sp³-hybridized carbons (Fsp3) is 0.143. The van der Waals surface area contributed by atoms with Gasteiger partial charge >= 0.3 is 5.97 Å². The van der Waals surface area contributed by atoms with Gasteiger partial charge in [-0.2, -0.15) is 5.10 Å². The third-order valence-corrected chi connectivity index (χ3v) is 4.53. The van der Waals surface area contributed by atoms with Crippen molar-refractivity contribution in [1.29, 1.82) is 0 Å². The number of aromatic nitrogens is 4. The highest BCUT2D eigenvalue weighted by Gasteiger charge is 2.19. The number of carboxylic acids is 1. The largest absolute Gasteiger partial charge is 0.496 e. The quantitative estimate of drug-likeness (QED) is 0.505. The van der Waals surface area contributed by atoms with E-state index in [1.54, 1.807) is 29.9 Å². The van der Waals surface area contributed by atoms with Crippen LogP contribution in [0.15, 0.2) is 53.3 Å². The molecule has 0 atom stereocenters. The van der Waals surface area contributed by atoms with Crippen LogP contribution < -0.4 is 15.0 Å². The number of aryl methyl sites for hydroxylation is 1. The monoisotopic (exact) mass is 406 g/mol. The second kappa shape index (κ2) is 7.70. The molecule has 152 valence electrons. The number of methoxy groups -OCH3 is 1. The van der Waals surface area contributed by atoms with Gasteiger partial charge in [0.2, 0.25) is 0 Å². The molecule has 2 aromatic heterocycles. The van der Waals surface area contributed by atoms with Gasteiger partial charge in [0.1, 0.15) is 28.4 Å². The maximum absolute atomic E-state index is 12.9. The lowest BCUT2D eigenvalue weighted by Crippen LogP contribution is -2.11. The number of benzene rings is 2. The van der Waals surface area contributed by atoms with Crippen LogP contribution in [0.5, 0.6) is 11.5 Å². The summed E-state index contributed by atoms with van der Waals surface area (Å²) in [5.74, 6) is -0.0733. The number of carbonyl (C=O) groups is 1. The van der Waals surface area contributed by atoms with Crippen molar-refractivity contribution in [1.82, 2.24) is 19.7 Å². The molecule has 0 aliphatic heterocycles. The second-order valence-electron chi connectivity index (χ2n) is 6.50. The number of aliphatic carboxylic acids is 1. The molecular weight excluding hydrogens is 388 g/mol. The Morgan fingerprint density at radius 1 is 1.20 bits per heavy atom. The Morgan fingerprint density at radius 2 is 1.97 bits per heavy atom. The second-order valence-corrected chi connectivity index (χ2v) is 6.50. The number of nitrogens with one attached hydrogen (secondary N) is 1. The van der Waals surface area contributed by atoms with Gasteiger partial charge in [-0.25, -0.2) is 14.5 Å². The normalized spacial score (nSPS) is 10.9. The number of ether oxygens (including phenoxy) is 2. The van der Waals surface area contributed by atoms with Crippen molar-refractivity contribution >= 4 is 17.0 Å². The Balaban J connectivity index is 1.82. The molecule has 30 heavy (non-hydrogen) atoms. The molecule has 0 unspecified atom stereocenters. The molecule has 0 amide bonds. The molecule has 2 heterocycles. The Morgan fingerprint density at radius 3 is 2.67 bits per heavy atom. The summed E-state index contributed by atoms with van der Waals surface area (Å²) in [5.41, 5.74) is 2.01. The van der Waals surface area contributed by atoms with Gasteiger partial charge in [-0.3, -0.25) is 4.79 Å². The van der Waals surface area contributed by atoms with Crippen LogP contribution in [0.25, 0.3) is 33.7 Å². The summed E-state index contributed by atoms with van der Waals surface area (Å²) in [5, 5.41) is 13.6. The van der Waals surface area contributed by atoms with Crippen LogP contribution in [-0.2, 0) is 11.8 Å². The van der Waals surface area contributed by atoms with E-state index in [4.69, 9.17) is 14.6 Å². The van der Waals surface area contributed by atoms with Crippen molar-refractivity contribution in [3.8, 4) is 34.1 Å². The van der Waals surface area contributed by atoms with Crippen molar-refractivity contribution < 1.29 is 19.4 Å². The van der Waals surface area contributed by atoms with Gasteiger partial charge in [-0.1, -0.05) is 30.3 Å². The van der Waals surface area contributed by atoms with Crippen LogP contribution in [0.1, 0.15) is 0 Å². The van der Waals surface area contributed by atoms with E-state index in [1.807, 2.05) is 30.3 Å². The number of rotatable bonds is 6. The van der Waals surface area contributed by atoms with Crippen molar-refractivity contribution in [2.75, 3.05) is 13.7 Å². The molecule has 4 rings (SSSR count). The molecule has 0 spiro atoms. The van der Waals surface area contributed by atoms with Crippen molar-refractivity contribution in [2.45, 2.75) is 0 Å². The number of hydrogen-bond donors (Lipinski definition) is 2. The SMILES string of the molecule is COc1cc(OCC(=O)O)ccc1-c1nc2c(c(-c3ccccc3)nn2C)c(=O)[nH]1. The maximum Gasteiger partial charge on any atom is 0.341 e. The van der Waals surface area contributed by atoms with E-state index in [1.165, 1.54) is 7.11 Å². The first kappa shape index (κ1) is 19.2. The lowest BCUT2D eigenvalue weighted by Gasteiger charge is -2.11. The van der Waals surface area contributed by atoms with E-state index in [0.717, 1.165) is 5.56 Å². The molecule has 2 N–H and O–H groups in total. The number of fused-ring (bicyclic) bond motifs is 1. The van der Waals surface area contributed by atoms with Gasteiger partial charge in [0, 0.05) is 18.7 Å². The summed E-state index contributed by atoms with van der Waals surface area (Å²) in [6.45, 7) is -0.471. The molecule has 0 bridgehead atoms. The minimum absolute atomic E-state index is 0.303. The van der Waals surface area contributed by atoms with Crippen LogP contribution in [0, 0.1) is 0 Å². The minimum atomic E-state index is -1.08. The zero-order chi connectivity index (χ0) is 21.3. The fourth-order valence-corrected chi connectivity index (χ4v) is 3.18. The summed E-state index contributed by atoms with van der Waals surface area (Å²) in [4.78, 5) is 31.0. The lowest BCUT2D eigenvalue weighted by atomic mass is 10.1. The molecule has 9 heteroatoms. The van der Waals surface area contributed by atoms with E-state index in [9.17, 15) is 9.59 Å². The smallest absolute Gasteiger partial charge is 0.341 e. The molecule has 9 nitrogen and oxygen atoms in total. The number of nitrogens with zero attached hydrogens (tertiary/aromatic N) is 3. The van der Waals surface area contributed by atoms with Crippen molar-refractivity contribution in [3.63, 3.8) is 0 Å². The predicted octanol–water partition coefficient (Wildman–Crippen LogP) is 2.46. The van der Waals surface area contributed by atoms with Crippen LogP contribution in [0.4, 0.5) is 0 Å². The standard InChI is InChI=1S/C21H18N4O5/c1-25-20-17(18(24-25)12-6-4-3-5-7-12)21(28)23-19(22-20)14-9-8-13(10-15(14)29-2)30-11-16(26)27/h3-10H,11H2,1-2H3,(H,26,27)(H,22,23,28). The molecule has 0 fully saturated rings. The summed E-state index contributed by atoms with van der Waals surface area (Å²) in [7, 11) is 3.19. The van der Waals surface area contributed by atoms with Gasteiger partial charge in [-0.15, -0.1) is 0 Å². The third-order valence-electron chi connectivity index (χ3n) is 4.53. The first-order chi connectivity index (χ1) is 14.5. The van der Waals surface area contributed by atoms with E-state index in [-0.39, 0.29) is 5.56 Å². The molecule has 0 saturated heterocycles. The maximum atomic E-state index is 12.9. The lowest BCUT2D eigenvalue weighted by molar-refractivity contribution is -0.139. The molecule has 0 saturated carbocycles. The highest BCUT2D eigenvalue weighted by molar-refractivity contribution is 5.91. The van der Waals surface area contributed by atoms with Gasteiger partial charge in [-0.05, 0) is 12.1 Å². The van der Waals surface area contributed by atoms with Gasteiger partial charge in [0.15, 0.2) is 12.3 Å². The summed E-state index contributed by atoms with van der Waals surface area (Å²) in [6.07, 6.45) is 0. The zero-order valence-electron chi connectivity index (χ0n) is 16.2. The zero-order valence-corrected chi connectivity index (χ0v) is 16.2. The number of hydrogen-bond acceptors (Lipinski definition) is 6. The van der Waals surface area contributed by atoms with E-state index < -0.39 is 12.6 Å². The average molecular weight is 406 g/mol. The highest BCUT2D eigenvalue weighted by Crippen LogP contribution is 2.32. The van der Waals surface area contributed by atoms with Crippen molar-refractivity contribution in [3.05, 3.63) is 58.9 Å². The fourth-order valence-electron chi connectivity index (χ4n) is 3.18. The Labute approximate surface area is 170 Å². The van der Waals surface area contributed by atoms with Crippen molar-refractivity contribution in [2.24, 2.45) is 7.05 Å². The predicted molar refractivity (Wildman–Crippen MR) is 110 cm³/mol. The molecule has 2 aromatic carbocycles. The molecule has 0 radical (unpaired) electrons. The summed E-state index contributed by atoms with van der Waals surface area (Å²) < 4.78 is 12.1. The Bertz CT molecular complexity index is 1290. The van der Waals surface area contributed by atoms with Gasteiger partial charge in [0.25, 0.3) is 5.56 Å². The van der Waals surface area contributed by atoms with Crippen LogP contribution in [0.2, 0.25) is 0 Å². The highest BCUT2D eigenvalue weighted by atomic mass is 16.5. The van der Waals surface area contributed by atoms with E-state index in [0.29, 0.717) is 39.6 Å². The molecule has 0 aliphatic rings. The topological polar surface area (TPSA) is 119 Å². The van der Waals surface area contributed by atoms with Gasteiger partial charge in [0.05, 0.1) is 12.7 Å². The van der Waals surface area contributed by atoms with Crippen LogP contribution in [0.3, 0.4) is 0 Å². The number of H-pyrrole nitrogens is 1. The third kappa shape index (κ3) is 3.48. The first-order valence-corrected chi connectivity index (χ1v) is 9.03. The Hall–Kier alpha value is -4.14. The van der Waals surface area contributed by atoms with Gasteiger partial charge < -0.3 is 19.6 Å². The van der Waals surface area contributed by atoms with E-state index in [2.05, 4.69) is 15.1 Å². The average Bonchev–Trinajstić information content (AvgIpc) is 3.09. The minimum Gasteiger partial charge on any atom is -0.496 e. The number of carboxylic acid groups (broad SMARTS) is 1. The molecular formula is C21H18N4O5. The first-order valence-electron chi connectivity index (χ1n) is 9.03. The summed E-state index contributed by atoms with van der Waals surface area (Å²) in [6, 6.07) is 14.2. The van der Waals surface area contributed by atoms with E-state index >= 15 is 0 Å². The van der Waals surface area contributed by atoms with Crippen LogP contribution in [-0.4, -0.2) is 44.5 Å². The Kier molecular flexibility index (Phi) is 4.93. The molecule has 0 aliphatic carbocycles.